The number of carboxylic acid groups (broad SMARTS) is 1. The lowest BCUT2D eigenvalue weighted by atomic mass is 9.92. The Kier molecular flexibility index (Phi) is 8.49. The van der Waals surface area contributed by atoms with Crippen molar-refractivity contribution in [1.29, 1.82) is 0 Å². The number of piperidine rings is 1. The summed E-state index contributed by atoms with van der Waals surface area (Å²) in [4.78, 5) is 13.6. The van der Waals surface area contributed by atoms with Gasteiger partial charge in [-0.3, -0.25) is 4.79 Å². The maximum atomic E-state index is 11.1. The first-order chi connectivity index (χ1) is 17.4. The Bertz CT molecular complexity index is 1170. The minimum absolute atomic E-state index is 0.0984. The Morgan fingerprint density at radius 1 is 1.00 bits per heavy atom. The van der Waals surface area contributed by atoms with Crippen LogP contribution in [-0.4, -0.2) is 55.4 Å². The zero-order valence-corrected chi connectivity index (χ0v) is 21.8. The van der Waals surface area contributed by atoms with Crippen LogP contribution in [0.25, 0.3) is 21.9 Å². The summed E-state index contributed by atoms with van der Waals surface area (Å²) in [6.07, 6.45) is 2.94. The summed E-state index contributed by atoms with van der Waals surface area (Å²) in [5.41, 5.74) is 3.91. The molecule has 0 saturated carbocycles. The van der Waals surface area contributed by atoms with Crippen LogP contribution in [0.1, 0.15) is 44.2 Å². The van der Waals surface area contributed by atoms with E-state index in [4.69, 9.17) is 19.3 Å². The third-order valence-electron chi connectivity index (χ3n) is 7.15. The molecule has 0 aliphatic carbocycles. The molecule has 1 fully saturated rings. The molecule has 0 radical (unpaired) electrons. The maximum Gasteiger partial charge on any atom is 0.303 e. The van der Waals surface area contributed by atoms with Gasteiger partial charge in [-0.15, -0.1) is 0 Å². The molecule has 1 aliphatic rings. The van der Waals surface area contributed by atoms with Gasteiger partial charge in [-0.1, -0.05) is 36.4 Å². The first kappa shape index (κ1) is 26.0. The monoisotopic (exact) mass is 491 g/mol. The zero-order valence-electron chi connectivity index (χ0n) is 21.8. The number of likely N-dealkylation sites (tertiary alicyclic amines) is 1. The van der Waals surface area contributed by atoms with Crippen molar-refractivity contribution in [1.82, 2.24) is 4.90 Å². The second kappa shape index (κ2) is 11.8. The van der Waals surface area contributed by atoms with Crippen LogP contribution in [-0.2, 0) is 22.6 Å². The highest BCUT2D eigenvalue weighted by Crippen LogP contribution is 2.43. The number of benzene rings is 3. The molecule has 0 spiro atoms. The number of carbonyl (C=O) groups is 1. The van der Waals surface area contributed by atoms with E-state index in [-0.39, 0.29) is 12.5 Å². The lowest BCUT2D eigenvalue weighted by Gasteiger charge is -2.34. The van der Waals surface area contributed by atoms with E-state index in [0.717, 1.165) is 70.5 Å². The Hall–Kier alpha value is -3.09. The molecule has 4 rings (SSSR count). The Morgan fingerprint density at radius 3 is 2.25 bits per heavy atom. The number of nitrogens with zero attached hydrogens (tertiary/aromatic N) is 1. The van der Waals surface area contributed by atoms with E-state index < -0.39 is 5.97 Å². The highest BCUT2D eigenvalue weighted by molar-refractivity contribution is 6.01. The van der Waals surface area contributed by atoms with Gasteiger partial charge in [0.2, 0.25) is 0 Å². The number of hydrogen-bond acceptors (Lipinski definition) is 5. The van der Waals surface area contributed by atoms with Gasteiger partial charge >= 0.3 is 5.97 Å². The summed E-state index contributed by atoms with van der Waals surface area (Å²) < 4.78 is 18.0. The maximum absolute atomic E-state index is 11.1. The quantitative estimate of drug-likeness (QED) is 0.379. The molecule has 6 nitrogen and oxygen atoms in total. The fourth-order valence-corrected chi connectivity index (χ4v) is 5.14. The molecule has 0 amide bonds. The fraction of sp³-hybridized carbons (Fsp3) is 0.433. The fourth-order valence-electron chi connectivity index (χ4n) is 5.14. The molecule has 36 heavy (non-hydrogen) atoms. The average molecular weight is 492 g/mol. The summed E-state index contributed by atoms with van der Waals surface area (Å²) in [5.74, 6) is 0.659. The molecule has 3 aromatic carbocycles. The van der Waals surface area contributed by atoms with E-state index >= 15 is 0 Å². The minimum Gasteiger partial charge on any atom is -0.496 e. The minimum atomic E-state index is -0.797. The van der Waals surface area contributed by atoms with Gasteiger partial charge in [0.1, 0.15) is 11.5 Å². The average Bonchev–Trinajstić information content (AvgIpc) is 2.89. The second-order valence-corrected chi connectivity index (χ2v) is 9.73. The molecular formula is C30H37NO5. The number of fused-ring (bicyclic) bond motifs is 1. The topological polar surface area (TPSA) is 68.2 Å². The summed E-state index contributed by atoms with van der Waals surface area (Å²) in [5, 5.41) is 11.2. The molecule has 1 heterocycles. The van der Waals surface area contributed by atoms with E-state index in [9.17, 15) is 4.79 Å². The standard InChI is InChI=1S/C30H37NO5/c1-20(2)31-15-13-23(14-16-31)36-19-21-17-27(34-3)30(28(18-21)35-4)26-10-6-8-24-22(11-12-29(32)33)7-5-9-25(24)26/h5-10,17-18,20,23H,11-16,19H2,1-4H3,(H,32,33). The second-order valence-electron chi connectivity index (χ2n) is 9.73. The summed E-state index contributed by atoms with van der Waals surface area (Å²) in [7, 11) is 3.35. The molecule has 0 aromatic heterocycles. The summed E-state index contributed by atoms with van der Waals surface area (Å²) >= 11 is 0. The Balaban J connectivity index is 1.62. The first-order valence-electron chi connectivity index (χ1n) is 12.7. The van der Waals surface area contributed by atoms with E-state index in [1.165, 1.54) is 0 Å². The van der Waals surface area contributed by atoms with Crippen LogP contribution in [0.3, 0.4) is 0 Å². The molecule has 3 aromatic rings. The lowest BCUT2D eigenvalue weighted by Crippen LogP contribution is -2.40. The van der Waals surface area contributed by atoms with E-state index in [1.54, 1.807) is 14.2 Å². The predicted octanol–water partition coefficient (Wildman–Crippen LogP) is 5.93. The normalized spacial score (nSPS) is 14.9. The van der Waals surface area contributed by atoms with Crippen LogP contribution in [0.15, 0.2) is 48.5 Å². The van der Waals surface area contributed by atoms with Crippen molar-refractivity contribution in [2.45, 2.75) is 58.3 Å². The molecule has 0 unspecified atom stereocenters. The van der Waals surface area contributed by atoms with Crippen LogP contribution < -0.4 is 9.47 Å². The van der Waals surface area contributed by atoms with Crippen molar-refractivity contribution < 1.29 is 24.1 Å². The predicted molar refractivity (Wildman–Crippen MR) is 143 cm³/mol. The Labute approximate surface area is 213 Å². The number of methoxy groups -OCH3 is 2. The molecule has 6 heteroatoms. The zero-order chi connectivity index (χ0) is 25.7. The highest BCUT2D eigenvalue weighted by atomic mass is 16.5. The van der Waals surface area contributed by atoms with Crippen molar-refractivity contribution in [3.8, 4) is 22.6 Å². The molecule has 1 N–H and O–H groups in total. The Morgan fingerprint density at radius 2 is 1.64 bits per heavy atom. The van der Waals surface area contributed by atoms with Crippen molar-refractivity contribution in [2.24, 2.45) is 0 Å². The smallest absolute Gasteiger partial charge is 0.303 e. The van der Waals surface area contributed by atoms with Gasteiger partial charge in [-0.2, -0.15) is 0 Å². The largest absolute Gasteiger partial charge is 0.496 e. The number of aryl methyl sites for hydroxylation is 1. The number of ether oxygens (including phenoxy) is 3. The third kappa shape index (κ3) is 5.82. The van der Waals surface area contributed by atoms with Crippen molar-refractivity contribution >= 4 is 16.7 Å². The van der Waals surface area contributed by atoms with Crippen LogP contribution in [0, 0.1) is 0 Å². The van der Waals surface area contributed by atoms with Gasteiger partial charge < -0.3 is 24.2 Å². The molecule has 1 aliphatic heterocycles. The van der Waals surface area contributed by atoms with Gasteiger partial charge in [0.15, 0.2) is 0 Å². The van der Waals surface area contributed by atoms with Crippen LogP contribution in [0.2, 0.25) is 0 Å². The highest BCUT2D eigenvalue weighted by Gasteiger charge is 2.22. The molecule has 0 bridgehead atoms. The van der Waals surface area contributed by atoms with Crippen LogP contribution in [0.4, 0.5) is 0 Å². The number of aliphatic carboxylic acids is 1. The molecular weight excluding hydrogens is 454 g/mol. The van der Waals surface area contributed by atoms with Gasteiger partial charge in [0.05, 0.1) is 32.5 Å². The van der Waals surface area contributed by atoms with Gasteiger partial charge in [0.25, 0.3) is 0 Å². The molecule has 0 atom stereocenters. The summed E-state index contributed by atoms with van der Waals surface area (Å²) in [6, 6.07) is 16.8. The molecule has 1 saturated heterocycles. The summed E-state index contributed by atoms with van der Waals surface area (Å²) in [6.45, 7) is 7.14. The SMILES string of the molecule is COc1cc(COC2CCN(C(C)C)CC2)cc(OC)c1-c1cccc2c(CCC(=O)O)cccc12. The van der Waals surface area contributed by atoms with Crippen molar-refractivity contribution in [2.75, 3.05) is 27.3 Å². The van der Waals surface area contributed by atoms with Gasteiger partial charge in [-0.25, -0.2) is 0 Å². The van der Waals surface area contributed by atoms with E-state index in [2.05, 4.69) is 30.9 Å². The van der Waals surface area contributed by atoms with E-state index in [0.29, 0.717) is 19.1 Å². The number of carboxylic acids is 1. The van der Waals surface area contributed by atoms with Crippen LogP contribution >= 0.6 is 0 Å². The lowest BCUT2D eigenvalue weighted by molar-refractivity contribution is -0.136. The number of rotatable bonds is 10. The van der Waals surface area contributed by atoms with Crippen molar-refractivity contribution in [3.05, 3.63) is 59.7 Å². The van der Waals surface area contributed by atoms with Gasteiger partial charge in [-0.05, 0) is 72.7 Å². The van der Waals surface area contributed by atoms with Crippen molar-refractivity contribution in [3.63, 3.8) is 0 Å². The number of hydrogen-bond donors (Lipinski definition) is 1. The first-order valence-corrected chi connectivity index (χ1v) is 12.7. The third-order valence-corrected chi connectivity index (χ3v) is 7.15. The van der Waals surface area contributed by atoms with E-state index in [1.807, 2.05) is 36.4 Å². The van der Waals surface area contributed by atoms with Gasteiger partial charge in [0, 0.05) is 25.6 Å². The van der Waals surface area contributed by atoms with Crippen LogP contribution in [0.5, 0.6) is 11.5 Å². The molecule has 192 valence electrons.